The minimum absolute atomic E-state index is 0.0547. The van der Waals surface area contributed by atoms with Crippen molar-refractivity contribution in [1.82, 2.24) is 19.9 Å². The summed E-state index contributed by atoms with van der Waals surface area (Å²) in [6.07, 6.45) is 5.68. The number of piperidine rings is 1. The summed E-state index contributed by atoms with van der Waals surface area (Å²) in [6.45, 7) is 2.63. The third-order valence-electron chi connectivity index (χ3n) is 8.07. The van der Waals surface area contributed by atoms with Gasteiger partial charge < -0.3 is 20.1 Å². The average molecular weight is 580 g/mol. The molecule has 0 spiro atoms. The van der Waals surface area contributed by atoms with Crippen LogP contribution in [0, 0.1) is 11.8 Å². The van der Waals surface area contributed by atoms with Crippen LogP contribution in [0.5, 0.6) is 5.75 Å². The van der Waals surface area contributed by atoms with E-state index >= 15 is 0 Å². The highest BCUT2D eigenvalue weighted by Gasteiger charge is 2.48. The predicted octanol–water partition coefficient (Wildman–Crippen LogP) is 4.48. The molecule has 42 heavy (non-hydrogen) atoms. The van der Waals surface area contributed by atoms with Crippen molar-refractivity contribution in [2.24, 2.45) is 11.8 Å². The molecule has 2 aromatic heterocycles. The number of alkyl halides is 2. The summed E-state index contributed by atoms with van der Waals surface area (Å²) in [5, 5.41) is 12.0. The topological polar surface area (TPSA) is 118 Å². The lowest BCUT2D eigenvalue weighted by molar-refractivity contribution is -0.162. The second kappa shape index (κ2) is 12.5. The number of ether oxygens (including phenoxy) is 1. The van der Waals surface area contributed by atoms with Crippen molar-refractivity contribution >= 4 is 17.6 Å². The van der Waals surface area contributed by atoms with Crippen molar-refractivity contribution in [1.29, 1.82) is 0 Å². The van der Waals surface area contributed by atoms with Gasteiger partial charge in [0.05, 0.1) is 12.2 Å². The van der Waals surface area contributed by atoms with E-state index in [9.17, 15) is 18.4 Å². The molecule has 2 aliphatic rings. The van der Waals surface area contributed by atoms with Crippen molar-refractivity contribution in [2.45, 2.75) is 57.5 Å². The van der Waals surface area contributed by atoms with Gasteiger partial charge in [-0.2, -0.15) is 0 Å². The van der Waals surface area contributed by atoms with E-state index in [1.807, 2.05) is 18.2 Å². The van der Waals surface area contributed by atoms with Gasteiger partial charge in [-0.3, -0.25) is 14.6 Å². The van der Waals surface area contributed by atoms with Gasteiger partial charge >= 0.3 is 5.92 Å². The zero-order chi connectivity index (χ0) is 29.9. The Morgan fingerprint density at radius 1 is 1.24 bits per heavy atom. The molecule has 11 heteroatoms. The molecule has 0 bridgehead atoms. The number of likely N-dealkylation sites (tertiary alicyclic amines) is 1. The average Bonchev–Trinajstić information content (AvgIpc) is 3.80. The van der Waals surface area contributed by atoms with Crippen LogP contribution in [0.3, 0.4) is 0 Å². The maximum absolute atomic E-state index is 15.0. The minimum Gasteiger partial charge on any atom is -0.484 e. The van der Waals surface area contributed by atoms with E-state index in [1.165, 1.54) is 6.33 Å². The molecule has 3 heterocycles. The van der Waals surface area contributed by atoms with Gasteiger partial charge in [0.2, 0.25) is 11.8 Å². The molecule has 0 radical (unpaired) electrons. The number of aliphatic hydroxyl groups is 1. The summed E-state index contributed by atoms with van der Waals surface area (Å²) in [4.78, 5) is 38.4. The van der Waals surface area contributed by atoms with E-state index in [4.69, 9.17) is 9.84 Å². The standard InChI is InChI=1S/C31H35F2N5O4/c1-3-19(2)11-22-12-20(6-7-26(22)42-27-8-10-38(29(40)16-39)17-31(27,32)33)25-14-28(36-18-35-25)37-30(41)24-13-23(24)21-5-4-9-34-15-21/h4-7,9,12,14-15,18-19,23-24,27,39H,3,8,10-11,13,16-17H2,1-2H3,(H,35,36,37,41)/t19?,23-,24+,27-/m0/s1. The smallest absolute Gasteiger partial charge is 0.301 e. The van der Waals surface area contributed by atoms with E-state index < -0.39 is 31.1 Å². The molecule has 1 saturated heterocycles. The fourth-order valence-corrected chi connectivity index (χ4v) is 5.31. The Balaban J connectivity index is 1.32. The van der Waals surface area contributed by atoms with Crippen molar-refractivity contribution in [3.63, 3.8) is 0 Å². The number of halogens is 2. The molecule has 1 aliphatic heterocycles. The monoisotopic (exact) mass is 579 g/mol. The summed E-state index contributed by atoms with van der Waals surface area (Å²) in [5.41, 5.74) is 3.14. The fourth-order valence-electron chi connectivity index (χ4n) is 5.31. The fraction of sp³-hybridized carbons (Fsp3) is 0.452. The number of anilines is 1. The number of aliphatic hydroxyl groups excluding tert-OH is 1. The van der Waals surface area contributed by atoms with Gasteiger partial charge in [-0.1, -0.05) is 26.3 Å². The van der Waals surface area contributed by atoms with Gasteiger partial charge in [-0.05, 0) is 60.1 Å². The third-order valence-corrected chi connectivity index (χ3v) is 8.07. The van der Waals surface area contributed by atoms with Gasteiger partial charge in [0.15, 0.2) is 6.10 Å². The maximum Gasteiger partial charge on any atom is 0.301 e. The lowest BCUT2D eigenvalue weighted by Gasteiger charge is -2.38. The number of benzene rings is 1. The molecule has 2 amide bonds. The molecule has 1 saturated carbocycles. The van der Waals surface area contributed by atoms with Crippen LogP contribution >= 0.6 is 0 Å². The van der Waals surface area contributed by atoms with E-state index in [-0.39, 0.29) is 36.6 Å². The largest absolute Gasteiger partial charge is 0.484 e. The number of rotatable bonds is 10. The van der Waals surface area contributed by atoms with Crippen molar-refractivity contribution in [3.8, 4) is 17.0 Å². The normalized spacial score (nSPS) is 21.8. The second-order valence-electron chi connectivity index (χ2n) is 11.2. The predicted molar refractivity (Wildman–Crippen MR) is 152 cm³/mol. The molecule has 4 atom stereocenters. The molecular weight excluding hydrogens is 544 g/mol. The summed E-state index contributed by atoms with van der Waals surface area (Å²) < 4.78 is 35.9. The van der Waals surface area contributed by atoms with Crippen LogP contribution in [-0.2, 0) is 16.0 Å². The van der Waals surface area contributed by atoms with E-state index in [1.54, 1.807) is 30.6 Å². The summed E-state index contributed by atoms with van der Waals surface area (Å²) in [7, 11) is 0. The Labute approximate surface area is 243 Å². The molecule has 5 rings (SSSR count). The molecule has 9 nitrogen and oxygen atoms in total. The first-order valence-corrected chi connectivity index (χ1v) is 14.3. The van der Waals surface area contributed by atoms with Gasteiger partial charge in [0, 0.05) is 42.9 Å². The Bertz CT molecular complexity index is 1420. The highest BCUT2D eigenvalue weighted by Crippen LogP contribution is 2.47. The second-order valence-corrected chi connectivity index (χ2v) is 11.2. The number of carbonyl (C=O) groups is 2. The highest BCUT2D eigenvalue weighted by atomic mass is 19.3. The third kappa shape index (κ3) is 6.73. The first-order valence-electron chi connectivity index (χ1n) is 14.3. The number of carbonyl (C=O) groups excluding carboxylic acids is 2. The number of hydrogen-bond donors (Lipinski definition) is 2. The summed E-state index contributed by atoms with van der Waals surface area (Å²) >= 11 is 0. The van der Waals surface area contributed by atoms with E-state index in [2.05, 4.69) is 34.1 Å². The Morgan fingerprint density at radius 2 is 2.07 bits per heavy atom. The summed E-state index contributed by atoms with van der Waals surface area (Å²) in [6, 6.07) is 10.9. The Morgan fingerprint density at radius 3 is 2.79 bits per heavy atom. The molecule has 1 aromatic carbocycles. The van der Waals surface area contributed by atoms with Crippen LogP contribution in [0.4, 0.5) is 14.6 Å². The molecule has 222 valence electrons. The quantitative estimate of drug-likeness (QED) is 0.364. The number of hydrogen-bond acceptors (Lipinski definition) is 7. The number of aromatic nitrogens is 3. The minimum atomic E-state index is -3.27. The number of amides is 2. The number of nitrogens with zero attached hydrogens (tertiary/aromatic N) is 4. The van der Waals surface area contributed by atoms with Crippen molar-refractivity contribution < 1.29 is 28.2 Å². The molecule has 1 aliphatic carbocycles. The van der Waals surface area contributed by atoms with Gasteiger partial charge in [-0.15, -0.1) is 0 Å². The Hall–Kier alpha value is -3.99. The van der Waals surface area contributed by atoms with Crippen LogP contribution in [0.15, 0.2) is 55.1 Å². The molecule has 1 unspecified atom stereocenters. The van der Waals surface area contributed by atoms with Gasteiger partial charge in [-0.25, -0.2) is 18.7 Å². The molecule has 2 fully saturated rings. The Kier molecular flexibility index (Phi) is 8.77. The van der Waals surface area contributed by atoms with Crippen LogP contribution in [0.25, 0.3) is 11.3 Å². The van der Waals surface area contributed by atoms with Crippen LogP contribution in [-0.4, -0.2) is 68.5 Å². The van der Waals surface area contributed by atoms with E-state index in [0.717, 1.165) is 34.4 Å². The number of nitrogens with one attached hydrogen (secondary N) is 1. The van der Waals surface area contributed by atoms with Crippen LogP contribution < -0.4 is 10.1 Å². The maximum atomic E-state index is 15.0. The first-order chi connectivity index (χ1) is 20.2. The van der Waals surface area contributed by atoms with Gasteiger partial charge in [0.25, 0.3) is 0 Å². The SMILES string of the molecule is CCC(C)Cc1cc(-c2cc(NC(=O)[C@@H]3C[C@H]3c3cccnc3)ncn2)ccc1O[C@H]1CCN(C(=O)CO)CC1(F)F. The zero-order valence-electron chi connectivity index (χ0n) is 23.7. The molecule has 3 aromatic rings. The number of pyridine rings is 1. The highest BCUT2D eigenvalue weighted by molar-refractivity contribution is 5.94. The van der Waals surface area contributed by atoms with E-state index in [0.29, 0.717) is 23.7 Å². The molecular formula is C31H35F2N5O4. The van der Waals surface area contributed by atoms with Crippen LogP contribution in [0.2, 0.25) is 0 Å². The van der Waals surface area contributed by atoms with Crippen molar-refractivity contribution in [3.05, 3.63) is 66.2 Å². The first kappa shape index (κ1) is 29.5. The van der Waals surface area contributed by atoms with Gasteiger partial charge in [0.1, 0.15) is 24.5 Å². The van der Waals surface area contributed by atoms with Crippen LogP contribution in [0.1, 0.15) is 50.2 Å². The molecule has 2 N–H and O–H groups in total. The van der Waals surface area contributed by atoms with Crippen molar-refractivity contribution in [2.75, 3.05) is 25.0 Å². The summed E-state index contributed by atoms with van der Waals surface area (Å²) in [5.74, 6) is -3.07. The zero-order valence-corrected chi connectivity index (χ0v) is 23.7. The lowest BCUT2D eigenvalue weighted by atomic mass is 9.95. The lowest BCUT2D eigenvalue weighted by Crippen LogP contribution is -2.55.